The number of rotatable bonds is 4. The van der Waals surface area contributed by atoms with Crippen LogP contribution in [0.4, 0.5) is 15.8 Å². The Hall–Kier alpha value is -2.18. The molecular weight excluding hydrogens is 229 g/mol. The van der Waals surface area contributed by atoms with Crippen LogP contribution >= 0.6 is 0 Å². The van der Waals surface area contributed by atoms with Crippen molar-refractivity contribution >= 4 is 17.3 Å². The molecule has 92 valence electrons. The van der Waals surface area contributed by atoms with Crippen LogP contribution in [0.1, 0.15) is 6.92 Å². The molecule has 17 heavy (non-hydrogen) atoms. The molecule has 1 amide bonds. The SMILES string of the molecule is CNC(=O)C(C)Nc1cccc(F)c1[N+](=O)[O-]. The third kappa shape index (κ3) is 2.90. The zero-order chi connectivity index (χ0) is 13.0. The number of hydrogen-bond donors (Lipinski definition) is 2. The molecule has 1 aromatic rings. The number of amides is 1. The van der Waals surface area contributed by atoms with Crippen LogP contribution in [0, 0.1) is 15.9 Å². The summed E-state index contributed by atoms with van der Waals surface area (Å²) in [5.41, 5.74) is -0.686. The quantitative estimate of drug-likeness (QED) is 0.614. The predicted molar refractivity (Wildman–Crippen MR) is 60.2 cm³/mol. The first-order chi connectivity index (χ1) is 7.97. The van der Waals surface area contributed by atoms with Crippen LogP contribution in [0.2, 0.25) is 0 Å². The fourth-order valence-corrected chi connectivity index (χ4v) is 1.33. The van der Waals surface area contributed by atoms with E-state index in [4.69, 9.17) is 0 Å². The van der Waals surface area contributed by atoms with Crippen molar-refractivity contribution in [1.82, 2.24) is 5.32 Å². The Labute approximate surface area is 97.0 Å². The number of nitro benzene ring substituents is 1. The summed E-state index contributed by atoms with van der Waals surface area (Å²) in [6, 6.07) is 2.98. The molecule has 1 aromatic carbocycles. The number of carbonyl (C=O) groups is 1. The van der Waals surface area contributed by atoms with E-state index in [-0.39, 0.29) is 11.6 Å². The summed E-state index contributed by atoms with van der Waals surface area (Å²) in [4.78, 5) is 21.1. The van der Waals surface area contributed by atoms with Gasteiger partial charge in [-0.25, -0.2) is 0 Å². The molecule has 2 N–H and O–H groups in total. The Morgan fingerprint density at radius 1 is 1.53 bits per heavy atom. The molecule has 7 heteroatoms. The summed E-state index contributed by atoms with van der Waals surface area (Å²) in [5.74, 6) is -1.28. The fraction of sp³-hybridized carbons (Fsp3) is 0.300. The van der Waals surface area contributed by atoms with Crippen molar-refractivity contribution in [3.63, 3.8) is 0 Å². The Bertz CT molecular complexity index is 450. The maximum absolute atomic E-state index is 13.3. The molecule has 0 aromatic heterocycles. The molecule has 0 spiro atoms. The van der Waals surface area contributed by atoms with Gasteiger partial charge in [0.1, 0.15) is 11.7 Å². The van der Waals surface area contributed by atoms with Gasteiger partial charge in [-0.15, -0.1) is 0 Å². The number of nitro groups is 1. The highest BCUT2D eigenvalue weighted by atomic mass is 19.1. The van der Waals surface area contributed by atoms with Gasteiger partial charge >= 0.3 is 5.69 Å². The number of carbonyl (C=O) groups excluding carboxylic acids is 1. The molecule has 0 saturated heterocycles. The van der Waals surface area contributed by atoms with Crippen LogP contribution in [-0.2, 0) is 4.79 Å². The number of para-hydroxylation sites is 1. The summed E-state index contributed by atoms with van der Waals surface area (Å²) in [6.45, 7) is 1.52. The highest BCUT2D eigenvalue weighted by Crippen LogP contribution is 2.27. The Kier molecular flexibility index (Phi) is 3.97. The lowest BCUT2D eigenvalue weighted by Crippen LogP contribution is -2.35. The summed E-state index contributed by atoms with van der Waals surface area (Å²) in [6.07, 6.45) is 0. The molecule has 0 heterocycles. The molecular formula is C10H12FN3O3. The molecule has 0 aliphatic carbocycles. The van der Waals surface area contributed by atoms with E-state index in [2.05, 4.69) is 10.6 Å². The van der Waals surface area contributed by atoms with Crippen molar-refractivity contribution in [2.75, 3.05) is 12.4 Å². The van der Waals surface area contributed by atoms with Crippen molar-refractivity contribution in [2.24, 2.45) is 0 Å². The van der Waals surface area contributed by atoms with Crippen molar-refractivity contribution in [1.29, 1.82) is 0 Å². The van der Waals surface area contributed by atoms with Gasteiger partial charge in [-0.05, 0) is 19.1 Å². The third-order valence-corrected chi connectivity index (χ3v) is 2.18. The highest BCUT2D eigenvalue weighted by Gasteiger charge is 2.22. The monoisotopic (exact) mass is 241 g/mol. The molecule has 0 bridgehead atoms. The molecule has 1 unspecified atom stereocenters. The first kappa shape index (κ1) is 12.9. The van der Waals surface area contributed by atoms with Crippen molar-refractivity contribution in [3.8, 4) is 0 Å². The van der Waals surface area contributed by atoms with Crippen molar-refractivity contribution in [3.05, 3.63) is 34.1 Å². The van der Waals surface area contributed by atoms with Gasteiger partial charge in [-0.1, -0.05) is 6.07 Å². The Morgan fingerprint density at radius 2 is 2.18 bits per heavy atom. The maximum atomic E-state index is 13.3. The first-order valence-electron chi connectivity index (χ1n) is 4.88. The average molecular weight is 241 g/mol. The summed E-state index contributed by atoms with van der Waals surface area (Å²) in [7, 11) is 1.44. The van der Waals surface area contributed by atoms with Crippen LogP contribution in [0.15, 0.2) is 18.2 Å². The number of nitrogens with one attached hydrogen (secondary N) is 2. The lowest BCUT2D eigenvalue weighted by Gasteiger charge is -2.13. The highest BCUT2D eigenvalue weighted by molar-refractivity contribution is 5.84. The van der Waals surface area contributed by atoms with Gasteiger partial charge in [-0.3, -0.25) is 14.9 Å². The minimum atomic E-state index is -0.941. The van der Waals surface area contributed by atoms with E-state index < -0.39 is 22.5 Å². The van der Waals surface area contributed by atoms with Crippen molar-refractivity contribution in [2.45, 2.75) is 13.0 Å². The average Bonchev–Trinajstić information content (AvgIpc) is 2.27. The predicted octanol–water partition coefficient (Wildman–Crippen LogP) is 1.28. The largest absolute Gasteiger partial charge is 0.368 e. The lowest BCUT2D eigenvalue weighted by molar-refractivity contribution is -0.386. The van der Waals surface area contributed by atoms with Crippen LogP contribution in [0.5, 0.6) is 0 Å². The first-order valence-corrected chi connectivity index (χ1v) is 4.88. The maximum Gasteiger partial charge on any atom is 0.327 e. The van der Waals surface area contributed by atoms with E-state index in [1.54, 1.807) is 0 Å². The molecule has 0 fully saturated rings. The Morgan fingerprint density at radius 3 is 2.71 bits per heavy atom. The van der Waals surface area contributed by atoms with Gasteiger partial charge in [0.15, 0.2) is 0 Å². The topological polar surface area (TPSA) is 84.3 Å². The zero-order valence-electron chi connectivity index (χ0n) is 9.36. The smallest absolute Gasteiger partial charge is 0.327 e. The van der Waals surface area contributed by atoms with Gasteiger partial charge in [0, 0.05) is 7.05 Å². The zero-order valence-corrected chi connectivity index (χ0v) is 9.36. The van der Waals surface area contributed by atoms with Gasteiger partial charge in [0.25, 0.3) is 0 Å². The van der Waals surface area contributed by atoms with E-state index >= 15 is 0 Å². The van der Waals surface area contributed by atoms with Crippen LogP contribution in [0.3, 0.4) is 0 Å². The van der Waals surface area contributed by atoms with Crippen LogP contribution in [0.25, 0.3) is 0 Å². The van der Waals surface area contributed by atoms with E-state index in [0.29, 0.717) is 0 Å². The molecule has 6 nitrogen and oxygen atoms in total. The van der Waals surface area contributed by atoms with E-state index in [0.717, 1.165) is 6.07 Å². The molecule has 0 aliphatic heterocycles. The van der Waals surface area contributed by atoms with E-state index in [9.17, 15) is 19.3 Å². The van der Waals surface area contributed by atoms with Crippen LogP contribution < -0.4 is 10.6 Å². The number of hydrogen-bond acceptors (Lipinski definition) is 4. The molecule has 0 aliphatic rings. The Balaban J connectivity index is 3.02. The van der Waals surface area contributed by atoms with Gasteiger partial charge in [-0.2, -0.15) is 4.39 Å². The normalized spacial score (nSPS) is 11.7. The summed E-state index contributed by atoms with van der Waals surface area (Å²) < 4.78 is 13.3. The lowest BCUT2D eigenvalue weighted by atomic mass is 10.2. The second kappa shape index (κ2) is 5.24. The number of benzene rings is 1. The minimum Gasteiger partial charge on any atom is -0.368 e. The second-order valence-corrected chi connectivity index (χ2v) is 3.37. The van der Waals surface area contributed by atoms with Crippen molar-refractivity contribution < 1.29 is 14.1 Å². The second-order valence-electron chi connectivity index (χ2n) is 3.37. The van der Waals surface area contributed by atoms with E-state index in [1.807, 2.05) is 0 Å². The van der Waals surface area contributed by atoms with E-state index in [1.165, 1.54) is 26.1 Å². The summed E-state index contributed by atoms with van der Waals surface area (Å²) in [5, 5.41) is 15.7. The number of likely N-dealkylation sites (N-methyl/N-ethyl adjacent to an activating group) is 1. The third-order valence-electron chi connectivity index (χ3n) is 2.18. The number of anilines is 1. The summed E-state index contributed by atoms with van der Waals surface area (Å²) >= 11 is 0. The molecule has 0 radical (unpaired) electrons. The standard InChI is InChI=1S/C10H12FN3O3/c1-6(10(15)12-2)13-8-5-3-4-7(11)9(8)14(16)17/h3-6,13H,1-2H3,(H,12,15). The minimum absolute atomic E-state index is 0.0221. The van der Waals surface area contributed by atoms with Gasteiger partial charge in [0.05, 0.1) is 4.92 Å². The number of halogens is 1. The van der Waals surface area contributed by atoms with Crippen LogP contribution in [-0.4, -0.2) is 23.9 Å². The number of nitrogens with zero attached hydrogens (tertiary/aromatic N) is 1. The molecule has 0 saturated carbocycles. The van der Waals surface area contributed by atoms with Gasteiger partial charge in [0.2, 0.25) is 11.7 Å². The molecule has 1 rings (SSSR count). The molecule has 1 atom stereocenters. The van der Waals surface area contributed by atoms with Gasteiger partial charge < -0.3 is 10.6 Å². The fourth-order valence-electron chi connectivity index (χ4n) is 1.33.